The van der Waals surface area contributed by atoms with Crippen LogP contribution in [0.15, 0.2) is 12.3 Å². The molecule has 1 rings (SSSR count). The van der Waals surface area contributed by atoms with E-state index in [9.17, 15) is 0 Å². The molecule has 1 heterocycles. The number of methoxy groups -OCH3 is 2. The summed E-state index contributed by atoms with van der Waals surface area (Å²) < 4.78 is 11.9. The Kier molecular flexibility index (Phi) is 6.80. The van der Waals surface area contributed by atoms with Crippen LogP contribution in [0.2, 0.25) is 0 Å². The Bertz CT molecular complexity index is 276. The predicted octanol–water partition coefficient (Wildman–Crippen LogP) is 0.656. The molecular weight excluding hydrogens is 206 g/mol. The van der Waals surface area contributed by atoms with Gasteiger partial charge in [0, 0.05) is 46.7 Å². The molecule has 5 heteroatoms. The number of aryl methyl sites for hydroxylation is 1. The summed E-state index contributed by atoms with van der Waals surface area (Å²) in [7, 11) is 3.42. The number of aromatic nitrogens is 2. The Morgan fingerprint density at radius 2 is 2.12 bits per heavy atom. The predicted molar refractivity (Wildman–Crippen MR) is 62.3 cm³/mol. The smallest absolute Gasteiger partial charge is 0.0762 e. The molecule has 0 radical (unpaired) electrons. The van der Waals surface area contributed by atoms with Gasteiger partial charge in [-0.3, -0.25) is 4.68 Å². The van der Waals surface area contributed by atoms with Gasteiger partial charge in [0.2, 0.25) is 0 Å². The highest BCUT2D eigenvalue weighted by Gasteiger charge is 1.98. The number of nitrogens with one attached hydrogen (secondary N) is 1. The van der Waals surface area contributed by atoms with Crippen LogP contribution < -0.4 is 5.32 Å². The molecular formula is C11H21N3O2. The minimum Gasteiger partial charge on any atom is -0.385 e. The van der Waals surface area contributed by atoms with Crippen molar-refractivity contribution in [3.63, 3.8) is 0 Å². The molecule has 1 aromatic rings. The van der Waals surface area contributed by atoms with Crippen LogP contribution in [0.1, 0.15) is 12.1 Å². The van der Waals surface area contributed by atoms with E-state index in [-0.39, 0.29) is 0 Å². The third kappa shape index (κ3) is 5.25. The normalized spacial score (nSPS) is 10.9. The average molecular weight is 227 g/mol. The molecule has 0 aliphatic carbocycles. The molecule has 0 atom stereocenters. The zero-order chi connectivity index (χ0) is 11.6. The van der Waals surface area contributed by atoms with Crippen molar-refractivity contribution in [2.45, 2.75) is 19.5 Å². The molecule has 0 unspecified atom stereocenters. The zero-order valence-corrected chi connectivity index (χ0v) is 10.1. The van der Waals surface area contributed by atoms with E-state index in [2.05, 4.69) is 10.4 Å². The van der Waals surface area contributed by atoms with Gasteiger partial charge in [-0.15, -0.1) is 0 Å². The van der Waals surface area contributed by atoms with Crippen molar-refractivity contribution in [3.8, 4) is 0 Å². The van der Waals surface area contributed by atoms with Crippen LogP contribution in [-0.4, -0.2) is 43.8 Å². The minimum absolute atomic E-state index is 0.731. The van der Waals surface area contributed by atoms with Gasteiger partial charge in [0.15, 0.2) is 0 Å². The molecule has 0 bridgehead atoms. The summed E-state index contributed by atoms with van der Waals surface area (Å²) in [6, 6.07) is 2.03. The van der Waals surface area contributed by atoms with Crippen molar-refractivity contribution >= 4 is 0 Å². The molecule has 16 heavy (non-hydrogen) atoms. The summed E-state index contributed by atoms with van der Waals surface area (Å²) in [5.74, 6) is 0. The van der Waals surface area contributed by atoms with Crippen molar-refractivity contribution < 1.29 is 9.47 Å². The summed E-state index contributed by atoms with van der Waals surface area (Å²) in [6.07, 6.45) is 3.00. The number of ether oxygens (including phenoxy) is 2. The highest BCUT2D eigenvalue weighted by molar-refractivity contribution is 4.98. The monoisotopic (exact) mass is 227 g/mol. The lowest BCUT2D eigenvalue weighted by atomic mass is 10.4. The van der Waals surface area contributed by atoms with Gasteiger partial charge in [-0.05, 0) is 12.5 Å². The van der Waals surface area contributed by atoms with Crippen LogP contribution in [0.25, 0.3) is 0 Å². The van der Waals surface area contributed by atoms with Gasteiger partial charge in [0.05, 0.1) is 12.3 Å². The molecule has 1 N–H and O–H groups in total. The van der Waals surface area contributed by atoms with E-state index in [1.54, 1.807) is 14.2 Å². The highest BCUT2D eigenvalue weighted by atomic mass is 16.5. The van der Waals surface area contributed by atoms with Crippen molar-refractivity contribution in [2.75, 3.05) is 34.0 Å². The molecule has 0 aliphatic heterocycles. The summed E-state index contributed by atoms with van der Waals surface area (Å²) in [5, 5.41) is 7.70. The SMILES string of the molecule is COCCCn1ccc(CNCCOC)n1. The van der Waals surface area contributed by atoms with Crippen molar-refractivity contribution in [3.05, 3.63) is 18.0 Å². The second-order valence-corrected chi connectivity index (χ2v) is 3.59. The molecule has 0 amide bonds. The quantitative estimate of drug-likeness (QED) is 0.629. The van der Waals surface area contributed by atoms with Gasteiger partial charge in [-0.2, -0.15) is 5.10 Å². The fraction of sp³-hybridized carbons (Fsp3) is 0.727. The largest absolute Gasteiger partial charge is 0.385 e. The minimum atomic E-state index is 0.731. The van der Waals surface area contributed by atoms with Crippen LogP contribution in [0.3, 0.4) is 0 Å². The van der Waals surface area contributed by atoms with E-state index in [0.29, 0.717) is 0 Å². The molecule has 1 aromatic heterocycles. The van der Waals surface area contributed by atoms with Gasteiger partial charge in [-0.1, -0.05) is 0 Å². The molecule has 0 spiro atoms. The summed E-state index contributed by atoms with van der Waals surface area (Å²) in [4.78, 5) is 0. The molecule has 0 fully saturated rings. The molecule has 0 saturated heterocycles. The third-order valence-electron chi connectivity index (χ3n) is 2.22. The molecule has 0 saturated carbocycles. The van der Waals surface area contributed by atoms with E-state index < -0.39 is 0 Å². The Morgan fingerprint density at radius 3 is 2.88 bits per heavy atom. The fourth-order valence-corrected chi connectivity index (χ4v) is 1.38. The second-order valence-electron chi connectivity index (χ2n) is 3.59. The molecule has 0 aromatic carbocycles. The van der Waals surface area contributed by atoms with E-state index >= 15 is 0 Å². The maximum atomic E-state index is 4.99. The van der Waals surface area contributed by atoms with Crippen molar-refractivity contribution in [1.82, 2.24) is 15.1 Å². The fourth-order valence-electron chi connectivity index (χ4n) is 1.38. The third-order valence-corrected chi connectivity index (χ3v) is 2.22. The van der Waals surface area contributed by atoms with Crippen LogP contribution >= 0.6 is 0 Å². The lowest BCUT2D eigenvalue weighted by Gasteiger charge is -2.02. The van der Waals surface area contributed by atoms with Crippen LogP contribution in [0.4, 0.5) is 0 Å². The van der Waals surface area contributed by atoms with E-state index in [4.69, 9.17) is 9.47 Å². The van der Waals surface area contributed by atoms with E-state index in [1.165, 1.54) is 0 Å². The summed E-state index contributed by atoms with van der Waals surface area (Å²) >= 11 is 0. The first-order valence-corrected chi connectivity index (χ1v) is 5.57. The highest BCUT2D eigenvalue weighted by Crippen LogP contribution is 1.96. The molecule has 5 nitrogen and oxygen atoms in total. The molecule has 92 valence electrons. The average Bonchev–Trinajstić information content (AvgIpc) is 2.73. The lowest BCUT2D eigenvalue weighted by Crippen LogP contribution is -2.19. The zero-order valence-electron chi connectivity index (χ0n) is 10.1. The lowest BCUT2D eigenvalue weighted by molar-refractivity contribution is 0.189. The maximum Gasteiger partial charge on any atom is 0.0762 e. The maximum absolute atomic E-state index is 4.99. The first-order valence-electron chi connectivity index (χ1n) is 5.57. The Labute approximate surface area is 96.7 Å². The number of nitrogens with zero attached hydrogens (tertiary/aromatic N) is 2. The number of hydrogen-bond donors (Lipinski definition) is 1. The Balaban J connectivity index is 2.17. The standard InChI is InChI=1S/C11H21N3O2/c1-15-8-3-6-14-7-4-11(13-14)10-12-5-9-16-2/h4,7,12H,3,5-6,8-10H2,1-2H3. The first-order chi connectivity index (χ1) is 7.86. The Morgan fingerprint density at radius 1 is 1.31 bits per heavy atom. The van der Waals surface area contributed by atoms with E-state index in [0.717, 1.165) is 45.0 Å². The van der Waals surface area contributed by atoms with Gasteiger partial charge < -0.3 is 14.8 Å². The Hall–Kier alpha value is -0.910. The van der Waals surface area contributed by atoms with Crippen molar-refractivity contribution in [2.24, 2.45) is 0 Å². The summed E-state index contributed by atoms with van der Waals surface area (Å²) in [6.45, 7) is 4.06. The van der Waals surface area contributed by atoms with Crippen LogP contribution in [0.5, 0.6) is 0 Å². The van der Waals surface area contributed by atoms with Gasteiger partial charge in [-0.25, -0.2) is 0 Å². The van der Waals surface area contributed by atoms with E-state index in [1.807, 2.05) is 16.9 Å². The van der Waals surface area contributed by atoms with Gasteiger partial charge in [0.1, 0.15) is 0 Å². The van der Waals surface area contributed by atoms with Crippen molar-refractivity contribution in [1.29, 1.82) is 0 Å². The molecule has 0 aliphatic rings. The van der Waals surface area contributed by atoms with Gasteiger partial charge >= 0.3 is 0 Å². The topological polar surface area (TPSA) is 48.3 Å². The van der Waals surface area contributed by atoms with Crippen LogP contribution in [0, 0.1) is 0 Å². The first kappa shape index (κ1) is 13.2. The summed E-state index contributed by atoms with van der Waals surface area (Å²) in [5.41, 5.74) is 1.06. The van der Waals surface area contributed by atoms with Crippen LogP contribution in [-0.2, 0) is 22.6 Å². The second kappa shape index (κ2) is 8.27. The van der Waals surface area contributed by atoms with Gasteiger partial charge in [0.25, 0.3) is 0 Å². The number of rotatable bonds is 9. The number of hydrogen-bond acceptors (Lipinski definition) is 4.